The lowest BCUT2D eigenvalue weighted by molar-refractivity contribution is -0.122. The van der Waals surface area contributed by atoms with Gasteiger partial charge in [0.1, 0.15) is 5.78 Å². The monoisotopic (exact) mass is 207 g/mol. The van der Waals surface area contributed by atoms with Crippen LogP contribution < -0.4 is 5.32 Å². The fourth-order valence-corrected chi connectivity index (χ4v) is 1.68. The molecule has 0 aliphatic carbocycles. The second-order valence-corrected chi connectivity index (χ2v) is 5.22. The molecule has 1 aliphatic rings. The highest BCUT2D eigenvalue weighted by atomic mass is 16.1. The summed E-state index contributed by atoms with van der Waals surface area (Å²) in [5, 5.41) is 3.26. The molecule has 1 rings (SSSR count). The van der Waals surface area contributed by atoms with E-state index in [-0.39, 0.29) is 11.3 Å². The smallest absolute Gasteiger partial charge is 0.147 e. The molecule has 1 heterocycles. The van der Waals surface area contributed by atoms with Gasteiger partial charge in [0.15, 0.2) is 0 Å². The topological polar surface area (TPSA) is 29.1 Å². The van der Waals surface area contributed by atoms with E-state index in [4.69, 9.17) is 0 Å². The molecule has 2 nitrogen and oxygen atoms in total. The minimum Gasteiger partial charge on any atom is -0.317 e. The first kappa shape index (κ1) is 12.3. The van der Waals surface area contributed by atoms with Crippen LogP contribution in [0.3, 0.4) is 0 Å². The van der Waals surface area contributed by atoms with Crippen LogP contribution in [0.1, 0.15) is 40.0 Å². The van der Waals surface area contributed by atoms with E-state index in [2.05, 4.69) is 37.9 Å². The van der Waals surface area contributed by atoms with Crippen LogP contribution in [0.25, 0.3) is 0 Å². The van der Waals surface area contributed by atoms with Crippen molar-refractivity contribution in [2.45, 2.75) is 40.0 Å². The standard InChI is InChI=1S/C13H21NO/c1-13(2,3)8-4-5-12(15)11-6-9-14-10-7-11/h11,14H,5-7,9-10H2,1-3H3. The van der Waals surface area contributed by atoms with Crippen molar-refractivity contribution in [1.82, 2.24) is 5.32 Å². The van der Waals surface area contributed by atoms with E-state index in [1.165, 1.54) is 0 Å². The summed E-state index contributed by atoms with van der Waals surface area (Å²) in [6.45, 7) is 8.14. The van der Waals surface area contributed by atoms with Gasteiger partial charge in [0.25, 0.3) is 0 Å². The van der Waals surface area contributed by atoms with Crippen LogP contribution in [0.2, 0.25) is 0 Å². The average molecular weight is 207 g/mol. The second kappa shape index (κ2) is 5.32. The van der Waals surface area contributed by atoms with E-state index in [0.717, 1.165) is 25.9 Å². The first-order chi connectivity index (χ1) is 6.99. The Bertz CT molecular complexity index is 271. The zero-order valence-corrected chi connectivity index (χ0v) is 10.0. The van der Waals surface area contributed by atoms with Crippen LogP contribution >= 0.6 is 0 Å². The van der Waals surface area contributed by atoms with Crippen molar-refractivity contribution in [3.63, 3.8) is 0 Å². The maximum absolute atomic E-state index is 11.8. The van der Waals surface area contributed by atoms with Crippen LogP contribution in [-0.2, 0) is 4.79 Å². The molecule has 0 atom stereocenters. The van der Waals surface area contributed by atoms with Gasteiger partial charge in [0.2, 0.25) is 0 Å². The Morgan fingerprint density at radius 2 is 1.93 bits per heavy atom. The molecule has 1 aliphatic heterocycles. The molecule has 0 bridgehead atoms. The molecule has 0 radical (unpaired) electrons. The zero-order valence-electron chi connectivity index (χ0n) is 10.0. The van der Waals surface area contributed by atoms with E-state index in [1.807, 2.05) is 0 Å². The molecule has 84 valence electrons. The van der Waals surface area contributed by atoms with Gasteiger partial charge in [0.05, 0.1) is 6.42 Å². The summed E-state index contributed by atoms with van der Waals surface area (Å²) in [6.07, 6.45) is 2.40. The van der Waals surface area contributed by atoms with E-state index in [9.17, 15) is 4.79 Å². The number of carbonyl (C=O) groups excluding carboxylic acids is 1. The normalized spacial score (nSPS) is 18.1. The van der Waals surface area contributed by atoms with E-state index >= 15 is 0 Å². The van der Waals surface area contributed by atoms with Crippen LogP contribution in [0.15, 0.2) is 0 Å². The van der Waals surface area contributed by atoms with Crippen LogP contribution in [0.4, 0.5) is 0 Å². The Labute approximate surface area is 92.8 Å². The van der Waals surface area contributed by atoms with Gasteiger partial charge in [0, 0.05) is 11.3 Å². The molecule has 15 heavy (non-hydrogen) atoms. The molecule has 0 unspecified atom stereocenters. The van der Waals surface area contributed by atoms with Crippen molar-refractivity contribution in [3.05, 3.63) is 0 Å². The van der Waals surface area contributed by atoms with Gasteiger partial charge in [-0.1, -0.05) is 11.8 Å². The summed E-state index contributed by atoms with van der Waals surface area (Å²) < 4.78 is 0. The number of hydrogen-bond acceptors (Lipinski definition) is 2. The Morgan fingerprint density at radius 1 is 1.33 bits per heavy atom. The molecule has 1 N–H and O–H groups in total. The Morgan fingerprint density at radius 3 is 2.47 bits per heavy atom. The lowest BCUT2D eigenvalue weighted by atomic mass is 9.91. The van der Waals surface area contributed by atoms with Gasteiger partial charge in [-0.25, -0.2) is 0 Å². The summed E-state index contributed by atoms with van der Waals surface area (Å²) in [6, 6.07) is 0. The van der Waals surface area contributed by atoms with Crippen molar-refractivity contribution < 1.29 is 4.79 Å². The predicted octanol–water partition coefficient (Wildman–Crippen LogP) is 1.99. The van der Waals surface area contributed by atoms with Crippen molar-refractivity contribution in [3.8, 4) is 11.8 Å². The van der Waals surface area contributed by atoms with Gasteiger partial charge in [-0.2, -0.15) is 0 Å². The van der Waals surface area contributed by atoms with Crippen molar-refractivity contribution >= 4 is 5.78 Å². The van der Waals surface area contributed by atoms with Crippen molar-refractivity contribution in [1.29, 1.82) is 0 Å². The zero-order chi connectivity index (χ0) is 11.3. The van der Waals surface area contributed by atoms with Crippen molar-refractivity contribution in [2.24, 2.45) is 11.3 Å². The Kier molecular flexibility index (Phi) is 4.35. The molecule has 0 spiro atoms. The quantitative estimate of drug-likeness (QED) is 0.702. The van der Waals surface area contributed by atoms with Gasteiger partial charge >= 0.3 is 0 Å². The number of piperidine rings is 1. The highest BCUT2D eigenvalue weighted by Crippen LogP contribution is 2.15. The third-order valence-corrected chi connectivity index (χ3v) is 2.52. The first-order valence-electron chi connectivity index (χ1n) is 5.72. The van der Waals surface area contributed by atoms with Crippen molar-refractivity contribution in [2.75, 3.05) is 13.1 Å². The lowest BCUT2D eigenvalue weighted by Gasteiger charge is -2.20. The molecule has 0 saturated carbocycles. The van der Waals surface area contributed by atoms with Gasteiger partial charge < -0.3 is 5.32 Å². The number of hydrogen-bond donors (Lipinski definition) is 1. The predicted molar refractivity (Wildman–Crippen MR) is 62.4 cm³/mol. The largest absolute Gasteiger partial charge is 0.317 e. The highest BCUT2D eigenvalue weighted by molar-refractivity contribution is 5.83. The van der Waals surface area contributed by atoms with Gasteiger partial charge in [-0.15, -0.1) is 0 Å². The number of rotatable bonds is 2. The summed E-state index contributed by atoms with van der Waals surface area (Å²) in [7, 11) is 0. The minimum absolute atomic E-state index is 0.00833. The average Bonchev–Trinajstić information content (AvgIpc) is 2.17. The highest BCUT2D eigenvalue weighted by Gasteiger charge is 2.19. The van der Waals surface area contributed by atoms with E-state index in [0.29, 0.717) is 12.2 Å². The molecule has 1 fully saturated rings. The number of Topliss-reactive ketones (excluding diaryl/α,β-unsaturated/α-hetero) is 1. The van der Waals surface area contributed by atoms with Crippen LogP contribution in [0.5, 0.6) is 0 Å². The summed E-state index contributed by atoms with van der Waals surface area (Å²) in [5.41, 5.74) is 0.00833. The molecule has 1 saturated heterocycles. The molecule has 0 amide bonds. The maximum Gasteiger partial charge on any atom is 0.147 e. The van der Waals surface area contributed by atoms with Gasteiger partial charge in [-0.05, 0) is 46.7 Å². The summed E-state index contributed by atoms with van der Waals surface area (Å²) in [5.74, 6) is 6.69. The second-order valence-electron chi connectivity index (χ2n) is 5.22. The van der Waals surface area contributed by atoms with E-state index < -0.39 is 0 Å². The first-order valence-corrected chi connectivity index (χ1v) is 5.72. The SMILES string of the molecule is CC(C)(C)C#CCC(=O)C1CCNCC1. The molecule has 0 aromatic rings. The molecular formula is C13H21NO. The molecule has 0 aromatic heterocycles. The molecule has 2 heteroatoms. The number of ketones is 1. The Hall–Kier alpha value is -0.810. The molecular weight excluding hydrogens is 186 g/mol. The minimum atomic E-state index is 0.00833. The summed E-state index contributed by atoms with van der Waals surface area (Å²) in [4.78, 5) is 11.8. The Balaban J connectivity index is 2.37. The van der Waals surface area contributed by atoms with E-state index in [1.54, 1.807) is 0 Å². The van der Waals surface area contributed by atoms with Crippen LogP contribution in [0, 0.1) is 23.2 Å². The number of nitrogens with one attached hydrogen (secondary N) is 1. The fraction of sp³-hybridized carbons (Fsp3) is 0.769. The van der Waals surface area contributed by atoms with Gasteiger partial charge in [-0.3, -0.25) is 4.79 Å². The van der Waals surface area contributed by atoms with Crippen LogP contribution in [-0.4, -0.2) is 18.9 Å². The third kappa shape index (κ3) is 4.99. The maximum atomic E-state index is 11.8. The number of carbonyl (C=O) groups is 1. The fourth-order valence-electron chi connectivity index (χ4n) is 1.68. The lowest BCUT2D eigenvalue weighted by Crippen LogP contribution is -2.31. The third-order valence-electron chi connectivity index (χ3n) is 2.52. The molecule has 0 aromatic carbocycles. The summed E-state index contributed by atoms with van der Waals surface area (Å²) >= 11 is 0.